The van der Waals surface area contributed by atoms with Crippen molar-refractivity contribution in [2.75, 3.05) is 6.54 Å². The number of carboxylic acid groups (broad SMARTS) is 1. The number of hydrogen-bond acceptors (Lipinski definition) is 6. The predicted molar refractivity (Wildman–Crippen MR) is 128 cm³/mol. The van der Waals surface area contributed by atoms with Crippen molar-refractivity contribution in [3.63, 3.8) is 0 Å². The summed E-state index contributed by atoms with van der Waals surface area (Å²) in [6, 6.07) is 16.7. The summed E-state index contributed by atoms with van der Waals surface area (Å²) in [6.07, 6.45) is 2.48. The van der Waals surface area contributed by atoms with Crippen LogP contribution in [0, 0.1) is 0 Å². The van der Waals surface area contributed by atoms with Gasteiger partial charge in [0.15, 0.2) is 0 Å². The summed E-state index contributed by atoms with van der Waals surface area (Å²) in [5.41, 5.74) is 1.82. The normalized spacial score (nSPS) is 17.3. The third-order valence-corrected chi connectivity index (χ3v) is 6.49. The van der Waals surface area contributed by atoms with Crippen molar-refractivity contribution in [3.05, 3.63) is 76.9 Å². The first kappa shape index (κ1) is 23.6. The first-order valence-electron chi connectivity index (χ1n) is 11.0. The first-order chi connectivity index (χ1) is 16.5. The Bertz CT molecular complexity index is 1150. The fourth-order valence-electron chi connectivity index (χ4n) is 3.91. The zero-order valence-corrected chi connectivity index (χ0v) is 19.2. The van der Waals surface area contributed by atoms with Crippen LogP contribution in [0.1, 0.15) is 45.8 Å². The van der Waals surface area contributed by atoms with Gasteiger partial charge in [-0.1, -0.05) is 36.4 Å². The average molecular weight is 480 g/mol. The van der Waals surface area contributed by atoms with Crippen molar-refractivity contribution in [3.8, 4) is 10.4 Å². The Balaban J connectivity index is 1.49. The topological polar surface area (TPSA) is 118 Å². The van der Waals surface area contributed by atoms with Gasteiger partial charge in [0.25, 0.3) is 11.8 Å². The smallest absolute Gasteiger partial charge is 0.322 e. The van der Waals surface area contributed by atoms with Crippen LogP contribution in [0.25, 0.3) is 10.4 Å². The molecule has 176 valence electrons. The molecule has 1 aromatic carbocycles. The van der Waals surface area contributed by atoms with Crippen LogP contribution >= 0.6 is 11.3 Å². The van der Waals surface area contributed by atoms with Gasteiger partial charge in [-0.2, -0.15) is 0 Å². The van der Waals surface area contributed by atoms with Gasteiger partial charge in [-0.25, -0.2) is 4.98 Å². The molecule has 1 unspecified atom stereocenters. The number of carboxylic acids is 1. The highest BCUT2D eigenvalue weighted by molar-refractivity contribution is 7.13. The maximum atomic E-state index is 13.1. The van der Waals surface area contributed by atoms with Gasteiger partial charge in [0.05, 0.1) is 18.8 Å². The molecular formula is C25H25N3O5S. The number of nitrogens with one attached hydrogen (secondary N) is 2. The maximum Gasteiger partial charge on any atom is 0.322 e. The molecule has 1 aliphatic carbocycles. The van der Waals surface area contributed by atoms with E-state index in [9.17, 15) is 14.4 Å². The summed E-state index contributed by atoms with van der Waals surface area (Å²) in [6.45, 7) is -0.0638. The largest absolute Gasteiger partial charge is 0.480 e. The summed E-state index contributed by atoms with van der Waals surface area (Å²) < 4.78 is 6.08. The second-order valence-corrected chi connectivity index (χ2v) is 8.97. The number of ether oxygens (including phenoxy) is 1. The number of carbonyl (C=O) groups is 3. The van der Waals surface area contributed by atoms with Crippen LogP contribution in [0.4, 0.5) is 0 Å². The number of rotatable bonds is 9. The van der Waals surface area contributed by atoms with Gasteiger partial charge in [0.2, 0.25) is 0 Å². The van der Waals surface area contributed by atoms with E-state index in [0.29, 0.717) is 12.2 Å². The van der Waals surface area contributed by atoms with Gasteiger partial charge in [-0.15, -0.1) is 11.3 Å². The predicted octanol–water partition coefficient (Wildman–Crippen LogP) is 3.49. The molecule has 2 amide bonds. The summed E-state index contributed by atoms with van der Waals surface area (Å²) >= 11 is 1.47. The van der Waals surface area contributed by atoms with Crippen molar-refractivity contribution < 1.29 is 24.2 Å². The molecule has 4 rings (SSSR count). The monoisotopic (exact) mass is 479 g/mol. The van der Waals surface area contributed by atoms with E-state index < -0.39 is 24.3 Å². The third-order valence-electron chi connectivity index (χ3n) is 5.57. The quantitative estimate of drug-likeness (QED) is 0.432. The second kappa shape index (κ2) is 11.0. The van der Waals surface area contributed by atoms with E-state index in [-0.39, 0.29) is 23.5 Å². The number of carbonyl (C=O) groups excluding carboxylic acids is 2. The lowest BCUT2D eigenvalue weighted by molar-refractivity contribution is -0.135. The molecule has 0 aliphatic heterocycles. The van der Waals surface area contributed by atoms with Gasteiger partial charge >= 0.3 is 5.97 Å². The lowest BCUT2D eigenvalue weighted by atomic mass is 10.1. The number of hydrogen-bond donors (Lipinski definition) is 3. The minimum Gasteiger partial charge on any atom is -0.480 e. The number of pyridine rings is 1. The summed E-state index contributed by atoms with van der Waals surface area (Å²) in [4.78, 5) is 41.5. The summed E-state index contributed by atoms with van der Waals surface area (Å²) in [7, 11) is 0. The molecule has 2 atom stereocenters. The van der Waals surface area contributed by atoms with Crippen LogP contribution in [0.15, 0.2) is 60.0 Å². The average Bonchev–Trinajstić information content (AvgIpc) is 3.54. The molecule has 3 aromatic rings. The van der Waals surface area contributed by atoms with Crippen LogP contribution in [-0.2, 0) is 16.1 Å². The fourth-order valence-corrected chi connectivity index (χ4v) is 4.62. The Kier molecular flexibility index (Phi) is 7.66. The maximum absolute atomic E-state index is 13.1. The van der Waals surface area contributed by atoms with E-state index in [0.717, 1.165) is 29.7 Å². The van der Waals surface area contributed by atoms with Crippen molar-refractivity contribution >= 4 is 29.1 Å². The Labute approximate surface area is 201 Å². The summed E-state index contributed by atoms with van der Waals surface area (Å²) in [5.74, 6) is -2.21. The molecule has 8 nitrogen and oxygen atoms in total. The highest BCUT2D eigenvalue weighted by atomic mass is 32.1. The van der Waals surface area contributed by atoms with Gasteiger partial charge in [0, 0.05) is 4.88 Å². The lowest BCUT2D eigenvalue weighted by Crippen LogP contribution is -2.41. The minimum atomic E-state index is -1.16. The molecule has 1 aliphatic rings. The van der Waals surface area contributed by atoms with Crippen LogP contribution in [0.5, 0.6) is 0 Å². The molecule has 0 saturated heterocycles. The van der Waals surface area contributed by atoms with Crippen molar-refractivity contribution in [2.24, 2.45) is 0 Å². The molecule has 1 fully saturated rings. The fraction of sp³-hybridized carbons (Fsp3) is 0.280. The van der Waals surface area contributed by atoms with E-state index in [1.807, 2.05) is 47.8 Å². The second-order valence-electron chi connectivity index (χ2n) is 8.03. The Hall–Kier alpha value is -3.56. The molecule has 2 heterocycles. The summed E-state index contributed by atoms with van der Waals surface area (Å²) in [5, 5.41) is 16.1. The van der Waals surface area contributed by atoms with Crippen molar-refractivity contribution in [2.45, 2.75) is 38.0 Å². The van der Waals surface area contributed by atoms with Gasteiger partial charge in [-0.3, -0.25) is 14.4 Å². The van der Waals surface area contributed by atoms with Crippen LogP contribution < -0.4 is 10.6 Å². The number of benzene rings is 1. The first-order valence-corrected chi connectivity index (χ1v) is 11.9. The molecule has 0 radical (unpaired) electrons. The van der Waals surface area contributed by atoms with E-state index >= 15 is 0 Å². The zero-order valence-electron chi connectivity index (χ0n) is 18.4. The Morgan fingerprint density at radius 1 is 1.03 bits per heavy atom. The molecule has 0 spiro atoms. The van der Waals surface area contributed by atoms with Gasteiger partial charge in [0.1, 0.15) is 17.9 Å². The molecule has 3 N–H and O–H groups in total. The standard InChI is InChI=1S/C25H25N3O5S/c29-23(30)14-26-24(31)19-12-17(22-10-5-11-34-22)13-20(27-19)25(32)28-18-8-4-9-21(18)33-15-16-6-2-1-3-7-16/h1-3,5-7,10-13,18,21H,4,8-9,14-15H2,(H,26,31)(H,28,32)(H,29,30)/t18-,21?/m0/s1. The molecule has 9 heteroatoms. The van der Waals surface area contributed by atoms with Crippen LogP contribution in [-0.4, -0.2) is 46.6 Å². The van der Waals surface area contributed by atoms with Gasteiger partial charge < -0.3 is 20.5 Å². The Morgan fingerprint density at radius 3 is 2.50 bits per heavy atom. The van der Waals surface area contributed by atoms with Gasteiger partial charge in [-0.05, 0) is 54.0 Å². The number of nitrogens with zero attached hydrogens (tertiary/aromatic N) is 1. The minimum absolute atomic E-state index is 0.0133. The zero-order chi connectivity index (χ0) is 23.9. The van der Waals surface area contributed by atoms with Crippen molar-refractivity contribution in [1.82, 2.24) is 15.6 Å². The third kappa shape index (κ3) is 6.06. The van der Waals surface area contributed by atoms with Crippen LogP contribution in [0.3, 0.4) is 0 Å². The van der Waals surface area contributed by atoms with E-state index in [1.165, 1.54) is 11.3 Å². The SMILES string of the molecule is O=C(O)CNC(=O)c1cc(-c2cccs2)cc(C(=O)N[C@H]2CCCC2OCc2ccccc2)n1. The number of aromatic nitrogens is 1. The molecule has 34 heavy (non-hydrogen) atoms. The molecule has 1 saturated carbocycles. The number of thiophene rings is 1. The lowest BCUT2D eigenvalue weighted by Gasteiger charge is -2.21. The number of aliphatic carboxylic acids is 1. The Morgan fingerprint density at radius 2 is 1.79 bits per heavy atom. The highest BCUT2D eigenvalue weighted by Crippen LogP contribution is 2.27. The molecule has 0 bridgehead atoms. The van der Waals surface area contributed by atoms with Crippen molar-refractivity contribution in [1.29, 1.82) is 0 Å². The van der Waals surface area contributed by atoms with E-state index in [1.54, 1.807) is 12.1 Å². The van der Waals surface area contributed by atoms with E-state index in [4.69, 9.17) is 9.84 Å². The molecule has 2 aromatic heterocycles. The number of amides is 2. The highest BCUT2D eigenvalue weighted by Gasteiger charge is 2.30. The molecular weight excluding hydrogens is 454 g/mol. The van der Waals surface area contributed by atoms with E-state index in [2.05, 4.69) is 15.6 Å². The van der Waals surface area contributed by atoms with Crippen LogP contribution in [0.2, 0.25) is 0 Å².